The summed E-state index contributed by atoms with van der Waals surface area (Å²) in [6.07, 6.45) is 4.29. The largest absolute Gasteiger partial charge is 0.373 e. The molecule has 2 aromatic heterocycles. The first kappa shape index (κ1) is 15.2. The van der Waals surface area contributed by atoms with Crippen LogP contribution in [0.3, 0.4) is 0 Å². The van der Waals surface area contributed by atoms with Crippen molar-refractivity contribution in [3.8, 4) is 0 Å². The highest BCUT2D eigenvalue weighted by molar-refractivity contribution is 7.07. The second-order valence-corrected chi connectivity index (χ2v) is 6.62. The standard InChI is InChI=1S/C16H21N3O2S/c1-11(12-4-6-22-10-12)7-17-16(20)14-3-5-21-15(14)13-8-18-19(2)9-13/h4,6,8-11,14-15H,3,5,7H2,1-2H3,(H,17,20)/t11-,14+,15-/m1/s1. The number of hydrogen-bond acceptors (Lipinski definition) is 4. The van der Waals surface area contributed by atoms with E-state index in [-0.39, 0.29) is 17.9 Å². The lowest BCUT2D eigenvalue weighted by molar-refractivity contribution is -0.126. The molecule has 0 saturated carbocycles. The van der Waals surface area contributed by atoms with Crippen LogP contribution in [0.4, 0.5) is 0 Å². The van der Waals surface area contributed by atoms with Gasteiger partial charge in [-0.2, -0.15) is 16.4 Å². The molecular formula is C16H21N3O2S. The molecule has 3 heterocycles. The summed E-state index contributed by atoms with van der Waals surface area (Å²) in [5.74, 6) is 0.279. The Kier molecular flexibility index (Phi) is 4.59. The molecular weight excluding hydrogens is 298 g/mol. The number of thiophene rings is 1. The van der Waals surface area contributed by atoms with E-state index in [0.717, 1.165) is 12.0 Å². The molecule has 1 amide bonds. The van der Waals surface area contributed by atoms with Gasteiger partial charge in [-0.3, -0.25) is 9.48 Å². The zero-order valence-corrected chi connectivity index (χ0v) is 13.7. The summed E-state index contributed by atoms with van der Waals surface area (Å²) in [6, 6.07) is 2.11. The third-order valence-corrected chi connectivity index (χ3v) is 4.88. The molecule has 0 aromatic carbocycles. The first-order valence-electron chi connectivity index (χ1n) is 7.55. The minimum atomic E-state index is -0.176. The molecule has 0 radical (unpaired) electrons. The van der Waals surface area contributed by atoms with E-state index in [4.69, 9.17) is 4.74 Å². The maximum absolute atomic E-state index is 12.5. The third kappa shape index (κ3) is 3.23. The Bertz CT molecular complexity index is 623. The van der Waals surface area contributed by atoms with Crippen LogP contribution in [0, 0.1) is 5.92 Å². The van der Waals surface area contributed by atoms with E-state index in [2.05, 4.69) is 34.2 Å². The van der Waals surface area contributed by atoms with Crippen molar-refractivity contribution in [3.63, 3.8) is 0 Å². The van der Waals surface area contributed by atoms with Gasteiger partial charge in [-0.25, -0.2) is 0 Å². The van der Waals surface area contributed by atoms with Gasteiger partial charge in [-0.05, 0) is 34.7 Å². The maximum Gasteiger partial charge on any atom is 0.226 e. The number of nitrogens with zero attached hydrogens (tertiary/aromatic N) is 2. The van der Waals surface area contributed by atoms with E-state index in [1.54, 1.807) is 22.2 Å². The van der Waals surface area contributed by atoms with E-state index in [0.29, 0.717) is 19.1 Å². The molecule has 1 aliphatic heterocycles. The molecule has 118 valence electrons. The molecule has 0 spiro atoms. The van der Waals surface area contributed by atoms with Gasteiger partial charge < -0.3 is 10.1 Å². The second-order valence-electron chi connectivity index (χ2n) is 5.84. The lowest BCUT2D eigenvalue weighted by Gasteiger charge is -2.18. The number of rotatable bonds is 5. The number of aryl methyl sites for hydroxylation is 1. The van der Waals surface area contributed by atoms with E-state index in [1.807, 2.05) is 13.2 Å². The van der Waals surface area contributed by atoms with Crippen molar-refractivity contribution >= 4 is 17.2 Å². The summed E-state index contributed by atoms with van der Waals surface area (Å²) < 4.78 is 7.49. The molecule has 1 saturated heterocycles. The Balaban J connectivity index is 1.59. The highest BCUT2D eigenvalue weighted by Crippen LogP contribution is 2.34. The summed E-state index contributed by atoms with van der Waals surface area (Å²) in [6.45, 7) is 3.41. The lowest BCUT2D eigenvalue weighted by atomic mass is 9.96. The van der Waals surface area contributed by atoms with E-state index < -0.39 is 0 Å². The Morgan fingerprint density at radius 2 is 2.50 bits per heavy atom. The lowest BCUT2D eigenvalue weighted by Crippen LogP contribution is -2.34. The summed E-state index contributed by atoms with van der Waals surface area (Å²) in [5, 5.41) is 11.4. The minimum Gasteiger partial charge on any atom is -0.373 e. The fraction of sp³-hybridized carbons (Fsp3) is 0.500. The zero-order valence-electron chi connectivity index (χ0n) is 12.9. The molecule has 1 aliphatic rings. The smallest absolute Gasteiger partial charge is 0.226 e. The van der Waals surface area contributed by atoms with E-state index in [9.17, 15) is 4.79 Å². The van der Waals surface area contributed by atoms with Crippen LogP contribution in [0.15, 0.2) is 29.2 Å². The van der Waals surface area contributed by atoms with Crippen LogP contribution < -0.4 is 5.32 Å². The first-order valence-corrected chi connectivity index (χ1v) is 8.49. The normalized spacial score (nSPS) is 22.6. The minimum absolute atomic E-state index is 0.0773. The average Bonchev–Trinajstić information content (AvgIpc) is 3.23. The van der Waals surface area contributed by atoms with Gasteiger partial charge in [0.1, 0.15) is 0 Å². The van der Waals surface area contributed by atoms with Crippen LogP contribution in [-0.4, -0.2) is 28.8 Å². The van der Waals surface area contributed by atoms with Crippen molar-refractivity contribution in [1.29, 1.82) is 0 Å². The average molecular weight is 319 g/mol. The number of carbonyl (C=O) groups excluding carboxylic acids is 1. The molecule has 5 nitrogen and oxygen atoms in total. The monoisotopic (exact) mass is 319 g/mol. The highest BCUT2D eigenvalue weighted by atomic mass is 32.1. The predicted octanol–water partition coefficient (Wildman–Crippen LogP) is 2.48. The quantitative estimate of drug-likeness (QED) is 0.921. The number of ether oxygens (including phenoxy) is 1. The van der Waals surface area contributed by atoms with Gasteiger partial charge in [0, 0.05) is 32.0 Å². The van der Waals surface area contributed by atoms with Gasteiger partial charge in [0.2, 0.25) is 5.91 Å². The van der Waals surface area contributed by atoms with Gasteiger partial charge in [0.05, 0.1) is 18.2 Å². The van der Waals surface area contributed by atoms with Gasteiger partial charge >= 0.3 is 0 Å². The highest BCUT2D eigenvalue weighted by Gasteiger charge is 2.35. The van der Waals surface area contributed by atoms with Crippen LogP contribution in [0.1, 0.15) is 36.5 Å². The summed E-state index contributed by atoms with van der Waals surface area (Å²) in [7, 11) is 1.87. The molecule has 0 bridgehead atoms. The number of hydrogen-bond donors (Lipinski definition) is 1. The van der Waals surface area contributed by atoms with Gasteiger partial charge in [0.25, 0.3) is 0 Å². The molecule has 0 aliphatic carbocycles. The SMILES string of the molecule is C[C@H](CNC(=O)[C@H]1CCO[C@@H]1c1cnn(C)c1)c1ccsc1. The van der Waals surface area contributed by atoms with Crippen molar-refractivity contribution in [2.45, 2.75) is 25.4 Å². The molecule has 1 N–H and O–H groups in total. The molecule has 0 unspecified atom stereocenters. The fourth-order valence-electron chi connectivity index (χ4n) is 2.83. The van der Waals surface area contributed by atoms with Crippen LogP contribution in [-0.2, 0) is 16.6 Å². The topological polar surface area (TPSA) is 56.1 Å². The van der Waals surface area contributed by atoms with Crippen LogP contribution in [0.2, 0.25) is 0 Å². The van der Waals surface area contributed by atoms with Gasteiger partial charge in [-0.15, -0.1) is 0 Å². The fourth-order valence-corrected chi connectivity index (χ4v) is 3.61. The molecule has 3 rings (SSSR count). The van der Waals surface area contributed by atoms with Crippen molar-refractivity contribution in [1.82, 2.24) is 15.1 Å². The number of amides is 1. The number of carbonyl (C=O) groups is 1. The Hall–Kier alpha value is -1.66. The first-order chi connectivity index (χ1) is 10.6. The van der Waals surface area contributed by atoms with E-state index >= 15 is 0 Å². The van der Waals surface area contributed by atoms with Crippen molar-refractivity contribution in [2.24, 2.45) is 13.0 Å². The van der Waals surface area contributed by atoms with Gasteiger partial charge in [0.15, 0.2) is 0 Å². The Morgan fingerprint density at radius 3 is 3.18 bits per heavy atom. The maximum atomic E-state index is 12.5. The molecule has 2 aromatic rings. The summed E-state index contributed by atoms with van der Waals surface area (Å²) in [4.78, 5) is 12.5. The van der Waals surface area contributed by atoms with Gasteiger partial charge in [-0.1, -0.05) is 6.92 Å². The second kappa shape index (κ2) is 6.62. The Labute approximate surface area is 134 Å². The number of nitrogens with one attached hydrogen (secondary N) is 1. The molecule has 3 atom stereocenters. The van der Waals surface area contributed by atoms with E-state index in [1.165, 1.54) is 5.56 Å². The summed E-state index contributed by atoms with van der Waals surface area (Å²) in [5.41, 5.74) is 2.25. The van der Waals surface area contributed by atoms with Crippen molar-refractivity contribution < 1.29 is 9.53 Å². The predicted molar refractivity (Wildman–Crippen MR) is 85.8 cm³/mol. The van der Waals surface area contributed by atoms with Crippen LogP contribution in [0.25, 0.3) is 0 Å². The van der Waals surface area contributed by atoms with Crippen molar-refractivity contribution in [2.75, 3.05) is 13.2 Å². The molecule has 6 heteroatoms. The van der Waals surface area contributed by atoms with Crippen LogP contribution in [0.5, 0.6) is 0 Å². The molecule has 1 fully saturated rings. The van der Waals surface area contributed by atoms with Crippen molar-refractivity contribution in [3.05, 3.63) is 40.3 Å². The third-order valence-electron chi connectivity index (χ3n) is 4.18. The molecule has 22 heavy (non-hydrogen) atoms. The Morgan fingerprint density at radius 1 is 1.64 bits per heavy atom. The summed E-state index contributed by atoms with van der Waals surface area (Å²) >= 11 is 1.69. The van der Waals surface area contributed by atoms with Crippen LogP contribution >= 0.6 is 11.3 Å². The number of aromatic nitrogens is 2. The zero-order chi connectivity index (χ0) is 15.5.